The van der Waals surface area contributed by atoms with E-state index in [1.54, 1.807) is 0 Å². The van der Waals surface area contributed by atoms with Gasteiger partial charge >= 0.3 is 0 Å². The second-order valence-corrected chi connectivity index (χ2v) is 3.11. The Hall–Kier alpha value is -1.72. The topological polar surface area (TPSA) is 38.3 Å². The number of ether oxygens (including phenoxy) is 1. The third-order valence-corrected chi connectivity index (χ3v) is 2.04. The lowest BCUT2D eigenvalue weighted by Gasteiger charge is -2.23. The fraction of sp³-hybridized carbons (Fsp3) is 0.222. The van der Waals surface area contributed by atoms with Crippen molar-refractivity contribution in [2.75, 3.05) is 5.32 Å². The van der Waals surface area contributed by atoms with Crippen molar-refractivity contribution in [2.24, 2.45) is 0 Å². The lowest BCUT2D eigenvalue weighted by molar-refractivity contribution is -0.122. The first-order chi connectivity index (χ1) is 7.00. The van der Waals surface area contributed by atoms with Gasteiger partial charge in [-0.05, 0) is 6.92 Å². The summed E-state index contributed by atoms with van der Waals surface area (Å²) in [6, 6.07) is 0.373. The van der Waals surface area contributed by atoms with Crippen molar-refractivity contribution in [3.63, 3.8) is 0 Å². The minimum atomic E-state index is -1.37. The zero-order valence-corrected chi connectivity index (χ0v) is 7.61. The van der Waals surface area contributed by atoms with E-state index in [1.165, 1.54) is 6.92 Å². The summed E-state index contributed by atoms with van der Waals surface area (Å²) in [6.07, 6.45) is -0.933. The van der Waals surface area contributed by atoms with Gasteiger partial charge in [0.05, 0.1) is 0 Å². The number of halogens is 3. The van der Waals surface area contributed by atoms with Gasteiger partial charge in [0.2, 0.25) is 0 Å². The maximum atomic E-state index is 13.1. The Morgan fingerprint density at radius 1 is 1.33 bits per heavy atom. The average Bonchev–Trinajstić information content (AvgIpc) is 2.18. The van der Waals surface area contributed by atoms with E-state index in [-0.39, 0.29) is 0 Å². The van der Waals surface area contributed by atoms with Crippen LogP contribution < -0.4 is 10.1 Å². The largest absolute Gasteiger partial charge is 0.475 e. The molecule has 6 heteroatoms. The van der Waals surface area contributed by atoms with Crippen LogP contribution in [0.1, 0.15) is 6.92 Å². The number of carbonyl (C=O) groups excluding carboxylic acids is 1. The van der Waals surface area contributed by atoms with Crippen LogP contribution in [0.4, 0.5) is 18.9 Å². The highest BCUT2D eigenvalue weighted by atomic mass is 19.2. The Balaban J connectivity index is 2.61. The average molecular weight is 217 g/mol. The van der Waals surface area contributed by atoms with Crippen LogP contribution in [0.2, 0.25) is 0 Å². The molecule has 1 aromatic rings. The molecule has 15 heavy (non-hydrogen) atoms. The van der Waals surface area contributed by atoms with Crippen LogP contribution in [-0.4, -0.2) is 12.0 Å². The standard InChI is InChI=1S/C9H6F3NO2/c1-3-9(14)13-7-6(12)4(10)2-5(11)8(7)15-3/h2-3H,1H3,(H,13,14)/t3-/m1/s1. The van der Waals surface area contributed by atoms with Crippen molar-refractivity contribution in [3.8, 4) is 5.75 Å². The van der Waals surface area contributed by atoms with E-state index in [1.807, 2.05) is 5.32 Å². The second-order valence-electron chi connectivity index (χ2n) is 3.11. The first-order valence-electron chi connectivity index (χ1n) is 4.15. The van der Waals surface area contributed by atoms with Gasteiger partial charge in [-0.25, -0.2) is 13.2 Å². The summed E-state index contributed by atoms with van der Waals surface area (Å²) in [7, 11) is 0. The molecule has 80 valence electrons. The number of benzene rings is 1. The van der Waals surface area contributed by atoms with Crippen LogP contribution in [0.5, 0.6) is 5.75 Å². The number of amides is 1. The molecule has 2 rings (SSSR count). The quantitative estimate of drug-likeness (QED) is 0.673. The van der Waals surface area contributed by atoms with E-state index in [4.69, 9.17) is 4.74 Å². The minimum absolute atomic E-state index is 0.373. The van der Waals surface area contributed by atoms with Gasteiger partial charge in [0.1, 0.15) is 5.69 Å². The lowest BCUT2D eigenvalue weighted by Crippen LogP contribution is -2.35. The highest BCUT2D eigenvalue weighted by molar-refractivity contribution is 5.97. The number of carbonyl (C=O) groups is 1. The van der Waals surface area contributed by atoms with Crippen LogP contribution in [-0.2, 0) is 4.79 Å². The molecule has 0 aromatic heterocycles. The third-order valence-electron chi connectivity index (χ3n) is 2.04. The summed E-state index contributed by atoms with van der Waals surface area (Å²) in [5.41, 5.74) is -0.587. The summed E-state index contributed by atoms with van der Waals surface area (Å²) in [6.45, 7) is 1.37. The number of rotatable bonds is 0. The van der Waals surface area contributed by atoms with E-state index < -0.39 is 40.9 Å². The molecule has 1 atom stereocenters. The monoisotopic (exact) mass is 217 g/mol. The highest BCUT2D eigenvalue weighted by Gasteiger charge is 2.30. The van der Waals surface area contributed by atoms with E-state index >= 15 is 0 Å². The smallest absolute Gasteiger partial charge is 0.265 e. The van der Waals surface area contributed by atoms with E-state index in [2.05, 4.69) is 0 Å². The van der Waals surface area contributed by atoms with Crippen LogP contribution in [0.3, 0.4) is 0 Å². The Labute approximate surface area is 82.8 Å². The summed E-state index contributed by atoms with van der Waals surface area (Å²) >= 11 is 0. The third kappa shape index (κ3) is 1.42. The van der Waals surface area contributed by atoms with Crippen LogP contribution in [0, 0.1) is 17.5 Å². The van der Waals surface area contributed by atoms with Gasteiger partial charge in [-0.2, -0.15) is 0 Å². The van der Waals surface area contributed by atoms with Crippen molar-refractivity contribution in [1.29, 1.82) is 0 Å². The van der Waals surface area contributed by atoms with Crippen LogP contribution in [0.15, 0.2) is 6.07 Å². The zero-order chi connectivity index (χ0) is 11.2. The van der Waals surface area contributed by atoms with Gasteiger partial charge in [0, 0.05) is 6.07 Å². The SMILES string of the molecule is C[C@H]1Oc2c(F)cc(F)c(F)c2NC1=O. The maximum Gasteiger partial charge on any atom is 0.265 e. The Kier molecular flexibility index (Phi) is 2.06. The fourth-order valence-corrected chi connectivity index (χ4v) is 1.26. The number of hydrogen-bond acceptors (Lipinski definition) is 2. The van der Waals surface area contributed by atoms with Crippen molar-refractivity contribution in [3.05, 3.63) is 23.5 Å². The molecule has 0 bridgehead atoms. The molecule has 0 saturated heterocycles. The molecule has 0 fully saturated rings. The Morgan fingerprint density at radius 3 is 2.67 bits per heavy atom. The van der Waals surface area contributed by atoms with Gasteiger partial charge in [0.15, 0.2) is 29.3 Å². The van der Waals surface area contributed by atoms with E-state index in [0.717, 1.165) is 0 Å². The van der Waals surface area contributed by atoms with Gasteiger partial charge in [-0.15, -0.1) is 0 Å². The number of nitrogens with one attached hydrogen (secondary N) is 1. The molecule has 1 aromatic carbocycles. The fourth-order valence-electron chi connectivity index (χ4n) is 1.26. The van der Waals surface area contributed by atoms with Gasteiger partial charge in [-0.3, -0.25) is 4.79 Å². The Bertz CT molecular complexity index is 447. The molecule has 0 saturated carbocycles. The number of hydrogen-bond donors (Lipinski definition) is 1. The molecular weight excluding hydrogens is 211 g/mol. The molecule has 1 N–H and O–H groups in total. The van der Waals surface area contributed by atoms with Gasteiger partial charge in [-0.1, -0.05) is 0 Å². The van der Waals surface area contributed by atoms with Crippen molar-refractivity contribution < 1.29 is 22.7 Å². The molecule has 1 amide bonds. The van der Waals surface area contributed by atoms with Crippen molar-refractivity contribution in [1.82, 2.24) is 0 Å². The predicted molar refractivity (Wildman–Crippen MR) is 45.0 cm³/mol. The minimum Gasteiger partial charge on any atom is -0.475 e. The van der Waals surface area contributed by atoms with Crippen molar-refractivity contribution >= 4 is 11.6 Å². The van der Waals surface area contributed by atoms with Crippen LogP contribution >= 0.6 is 0 Å². The summed E-state index contributed by atoms with van der Waals surface area (Å²) in [4.78, 5) is 11.1. The first kappa shape index (κ1) is 9.82. The highest BCUT2D eigenvalue weighted by Crippen LogP contribution is 2.35. The maximum absolute atomic E-state index is 13.1. The molecular formula is C9H6F3NO2. The van der Waals surface area contributed by atoms with Crippen molar-refractivity contribution in [2.45, 2.75) is 13.0 Å². The molecule has 0 aliphatic carbocycles. The summed E-state index contributed by atoms with van der Waals surface area (Å²) in [5, 5.41) is 2.04. The predicted octanol–water partition coefficient (Wildman–Crippen LogP) is 1.82. The molecule has 1 heterocycles. The van der Waals surface area contributed by atoms with E-state index in [9.17, 15) is 18.0 Å². The summed E-state index contributed by atoms with van der Waals surface area (Å²) in [5.74, 6) is -4.86. The second kappa shape index (κ2) is 3.15. The van der Waals surface area contributed by atoms with E-state index in [0.29, 0.717) is 6.07 Å². The lowest BCUT2D eigenvalue weighted by atomic mass is 10.2. The molecule has 1 aliphatic rings. The van der Waals surface area contributed by atoms with Crippen LogP contribution in [0.25, 0.3) is 0 Å². The molecule has 0 radical (unpaired) electrons. The molecule has 3 nitrogen and oxygen atoms in total. The normalized spacial score (nSPS) is 19.2. The number of anilines is 1. The molecule has 0 unspecified atom stereocenters. The molecule has 0 spiro atoms. The zero-order valence-electron chi connectivity index (χ0n) is 7.61. The first-order valence-corrected chi connectivity index (χ1v) is 4.15. The number of fused-ring (bicyclic) bond motifs is 1. The van der Waals surface area contributed by atoms with Gasteiger partial charge in [0.25, 0.3) is 5.91 Å². The molecule has 1 aliphatic heterocycles. The Morgan fingerprint density at radius 2 is 2.00 bits per heavy atom. The van der Waals surface area contributed by atoms with Gasteiger partial charge < -0.3 is 10.1 Å². The summed E-state index contributed by atoms with van der Waals surface area (Å²) < 4.78 is 43.8.